The van der Waals surface area contributed by atoms with Gasteiger partial charge in [-0.25, -0.2) is 9.37 Å². The van der Waals surface area contributed by atoms with Crippen molar-refractivity contribution >= 4 is 29.9 Å². The molecule has 26 heavy (non-hydrogen) atoms. The van der Waals surface area contributed by atoms with Crippen molar-refractivity contribution in [3.8, 4) is 5.69 Å². The zero-order valence-electron chi connectivity index (χ0n) is 15.9. The quantitative estimate of drug-likeness (QED) is 0.362. The fraction of sp³-hybridized carbons (Fsp3) is 0.474. The largest absolute Gasteiger partial charge is 0.354 e. The molecule has 0 aliphatic rings. The van der Waals surface area contributed by atoms with Crippen molar-refractivity contribution in [1.82, 2.24) is 20.2 Å². The van der Waals surface area contributed by atoms with E-state index in [0.717, 1.165) is 17.9 Å². The number of benzene rings is 1. The lowest BCUT2D eigenvalue weighted by Crippen LogP contribution is -2.41. The molecule has 1 aromatic heterocycles. The molecular weight excluding hydrogens is 444 g/mol. The number of hydrogen-bond acceptors (Lipinski definition) is 2. The molecule has 5 nitrogen and oxygen atoms in total. The second kappa shape index (κ2) is 11.2. The Labute approximate surface area is 172 Å². The number of imidazole rings is 1. The maximum Gasteiger partial charge on any atom is 0.191 e. The summed E-state index contributed by atoms with van der Waals surface area (Å²) in [5.74, 6) is 1.15. The van der Waals surface area contributed by atoms with Gasteiger partial charge in [-0.05, 0) is 43.4 Å². The number of halogens is 2. The zero-order chi connectivity index (χ0) is 18.2. The molecule has 0 radical (unpaired) electrons. The maximum atomic E-state index is 14.3. The van der Waals surface area contributed by atoms with Crippen molar-refractivity contribution in [2.75, 3.05) is 7.05 Å². The van der Waals surface area contributed by atoms with E-state index < -0.39 is 0 Å². The molecular formula is C19H29FIN5. The van der Waals surface area contributed by atoms with E-state index in [1.807, 2.05) is 6.07 Å². The molecule has 7 heteroatoms. The van der Waals surface area contributed by atoms with Gasteiger partial charge in [0.1, 0.15) is 5.82 Å². The van der Waals surface area contributed by atoms with E-state index in [9.17, 15) is 4.39 Å². The lowest BCUT2D eigenvalue weighted by atomic mass is 10.0. The molecule has 1 atom stereocenters. The highest BCUT2D eigenvalue weighted by Crippen LogP contribution is 2.15. The second-order valence-electron chi connectivity index (χ2n) is 6.70. The summed E-state index contributed by atoms with van der Waals surface area (Å²) in [6.07, 6.45) is 7.20. The molecule has 1 unspecified atom stereocenters. The summed E-state index contributed by atoms with van der Waals surface area (Å²) in [5, 5.41) is 6.61. The minimum atomic E-state index is -0.273. The number of guanidine groups is 1. The number of aromatic nitrogens is 2. The van der Waals surface area contributed by atoms with Gasteiger partial charge in [-0.1, -0.05) is 19.9 Å². The molecule has 0 saturated carbocycles. The fourth-order valence-corrected chi connectivity index (χ4v) is 2.54. The first-order chi connectivity index (χ1) is 12.0. The lowest BCUT2D eigenvalue weighted by Gasteiger charge is -2.19. The molecule has 1 heterocycles. The normalized spacial score (nSPS) is 12.6. The van der Waals surface area contributed by atoms with Gasteiger partial charge < -0.3 is 15.2 Å². The monoisotopic (exact) mass is 473 g/mol. The Bertz CT molecular complexity index is 685. The maximum absolute atomic E-state index is 14.3. The first-order valence-electron chi connectivity index (χ1n) is 8.73. The molecule has 0 spiro atoms. The van der Waals surface area contributed by atoms with Gasteiger partial charge in [0.2, 0.25) is 0 Å². The molecule has 2 aromatic rings. The number of nitrogens with one attached hydrogen (secondary N) is 2. The lowest BCUT2D eigenvalue weighted by molar-refractivity contribution is 0.489. The summed E-state index contributed by atoms with van der Waals surface area (Å²) in [5.41, 5.74) is 1.35. The van der Waals surface area contributed by atoms with Crippen LogP contribution in [0, 0.1) is 11.7 Å². The van der Waals surface area contributed by atoms with Crippen molar-refractivity contribution in [3.05, 3.63) is 48.3 Å². The van der Waals surface area contributed by atoms with Crippen molar-refractivity contribution in [1.29, 1.82) is 0 Å². The van der Waals surface area contributed by atoms with Crippen molar-refractivity contribution in [3.63, 3.8) is 0 Å². The molecule has 1 aromatic carbocycles. The molecule has 0 amide bonds. The van der Waals surface area contributed by atoms with Crippen LogP contribution in [-0.4, -0.2) is 28.6 Å². The number of hydrogen-bond donors (Lipinski definition) is 2. The van der Waals surface area contributed by atoms with Crippen LogP contribution in [0.2, 0.25) is 0 Å². The van der Waals surface area contributed by atoms with E-state index in [1.54, 1.807) is 36.4 Å². The van der Waals surface area contributed by atoms with Gasteiger partial charge in [0, 0.05) is 32.0 Å². The Kier molecular flexibility index (Phi) is 9.61. The van der Waals surface area contributed by atoms with E-state index in [0.29, 0.717) is 24.2 Å². The summed E-state index contributed by atoms with van der Waals surface area (Å²) < 4.78 is 15.9. The van der Waals surface area contributed by atoms with Crippen molar-refractivity contribution in [2.24, 2.45) is 10.9 Å². The SMILES string of the molecule is CN=C(NCc1ccc(-n2ccnc2)c(F)c1)NC(C)CCC(C)C.I. The standard InChI is InChI=1S/C19H28FN5.HI/c1-14(2)5-6-15(3)24-19(21-4)23-12-16-7-8-18(17(20)11-16)25-10-9-22-13-25;/h7-11,13-15H,5-6,12H2,1-4H3,(H2,21,23,24);1H. The van der Waals surface area contributed by atoms with Gasteiger partial charge >= 0.3 is 0 Å². The molecule has 2 N–H and O–H groups in total. The average molecular weight is 473 g/mol. The number of nitrogens with zero attached hydrogens (tertiary/aromatic N) is 3. The van der Waals surface area contributed by atoms with Crippen LogP contribution in [-0.2, 0) is 6.54 Å². The Hall–Kier alpha value is -1.64. The van der Waals surface area contributed by atoms with E-state index in [-0.39, 0.29) is 29.8 Å². The topological polar surface area (TPSA) is 54.2 Å². The van der Waals surface area contributed by atoms with E-state index in [1.165, 1.54) is 12.5 Å². The fourth-order valence-electron chi connectivity index (χ4n) is 2.54. The highest BCUT2D eigenvalue weighted by atomic mass is 127. The Balaban J connectivity index is 0.00000338. The van der Waals surface area contributed by atoms with E-state index in [2.05, 4.69) is 41.4 Å². The third-order valence-corrected chi connectivity index (χ3v) is 4.04. The summed E-state index contributed by atoms with van der Waals surface area (Å²) >= 11 is 0. The predicted octanol–water partition coefficient (Wildman–Crippen LogP) is 4.12. The van der Waals surface area contributed by atoms with Crippen LogP contribution in [0.15, 0.2) is 41.9 Å². The highest BCUT2D eigenvalue weighted by Gasteiger charge is 2.08. The Morgan fingerprint density at radius 2 is 2.04 bits per heavy atom. The van der Waals surface area contributed by atoms with Gasteiger partial charge in [0.25, 0.3) is 0 Å². The molecule has 2 rings (SSSR count). The van der Waals surface area contributed by atoms with Crippen LogP contribution in [0.3, 0.4) is 0 Å². The van der Waals surface area contributed by atoms with Crippen LogP contribution in [0.1, 0.15) is 39.2 Å². The minimum absolute atomic E-state index is 0. The number of rotatable bonds is 7. The van der Waals surface area contributed by atoms with Crippen LogP contribution < -0.4 is 10.6 Å². The number of aliphatic imine (C=N–C) groups is 1. The summed E-state index contributed by atoms with van der Waals surface area (Å²) in [6, 6.07) is 5.54. The van der Waals surface area contributed by atoms with Crippen LogP contribution in [0.5, 0.6) is 0 Å². The molecule has 0 aliphatic heterocycles. The second-order valence-corrected chi connectivity index (χ2v) is 6.70. The van der Waals surface area contributed by atoms with E-state index in [4.69, 9.17) is 0 Å². The molecule has 0 fully saturated rings. The molecule has 0 aliphatic carbocycles. The van der Waals surface area contributed by atoms with Gasteiger partial charge in [0.15, 0.2) is 5.96 Å². The van der Waals surface area contributed by atoms with Crippen molar-refractivity contribution in [2.45, 2.75) is 46.2 Å². The first kappa shape index (κ1) is 22.4. The van der Waals surface area contributed by atoms with Gasteiger partial charge in [-0.2, -0.15) is 0 Å². The molecule has 144 valence electrons. The van der Waals surface area contributed by atoms with E-state index >= 15 is 0 Å². The smallest absolute Gasteiger partial charge is 0.191 e. The van der Waals surface area contributed by atoms with Crippen LogP contribution >= 0.6 is 24.0 Å². The average Bonchev–Trinajstić information content (AvgIpc) is 3.11. The highest BCUT2D eigenvalue weighted by molar-refractivity contribution is 14.0. The third kappa shape index (κ3) is 6.93. The van der Waals surface area contributed by atoms with Gasteiger partial charge in [-0.15, -0.1) is 24.0 Å². The summed E-state index contributed by atoms with van der Waals surface area (Å²) in [4.78, 5) is 8.19. The molecule has 0 saturated heterocycles. The Morgan fingerprint density at radius 1 is 1.27 bits per heavy atom. The van der Waals surface area contributed by atoms with Crippen LogP contribution in [0.25, 0.3) is 5.69 Å². The zero-order valence-corrected chi connectivity index (χ0v) is 18.2. The van der Waals surface area contributed by atoms with Crippen LogP contribution in [0.4, 0.5) is 4.39 Å². The third-order valence-electron chi connectivity index (χ3n) is 4.04. The summed E-state index contributed by atoms with van der Waals surface area (Å²) in [7, 11) is 1.74. The Morgan fingerprint density at radius 3 is 2.62 bits per heavy atom. The molecule has 0 bridgehead atoms. The first-order valence-corrected chi connectivity index (χ1v) is 8.73. The van der Waals surface area contributed by atoms with Gasteiger partial charge in [-0.3, -0.25) is 4.99 Å². The van der Waals surface area contributed by atoms with Gasteiger partial charge in [0.05, 0.1) is 12.0 Å². The summed E-state index contributed by atoms with van der Waals surface area (Å²) in [6.45, 7) is 7.11. The minimum Gasteiger partial charge on any atom is -0.354 e. The predicted molar refractivity (Wildman–Crippen MR) is 116 cm³/mol. The van der Waals surface area contributed by atoms with Crippen molar-refractivity contribution < 1.29 is 4.39 Å².